The minimum Gasteiger partial charge on any atom is -0.385 e. The van der Waals surface area contributed by atoms with Crippen molar-refractivity contribution in [2.24, 2.45) is 0 Å². The molecule has 0 aliphatic rings. The summed E-state index contributed by atoms with van der Waals surface area (Å²) in [5, 5.41) is 3.40. The van der Waals surface area contributed by atoms with Gasteiger partial charge in [-0.15, -0.1) is 0 Å². The van der Waals surface area contributed by atoms with Crippen LogP contribution >= 0.6 is 0 Å². The molecule has 3 rings (SSSR count). The molecule has 0 spiro atoms. The number of hydrogen-bond acceptors (Lipinski definition) is 2. The Morgan fingerprint density at radius 2 is 1.95 bits per heavy atom. The average Bonchev–Trinajstić information content (AvgIpc) is 2.90. The summed E-state index contributed by atoms with van der Waals surface area (Å²) >= 11 is 0. The van der Waals surface area contributed by atoms with E-state index in [-0.39, 0.29) is 0 Å². The molecule has 0 aliphatic carbocycles. The lowest BCUT2D eigenvalue weighted by Gasteiger charge is -2.03. The first-order chi connectivity index (χ1) is 9.85. The molecule has 102 valence electrons. The fraction of sp³-hybridized carbons (Fsp3) is 0.235. The van der Waals surface area contributed by atoms with Gasteiger partial charge in [-0.1, -0.05) is 31.2 Å². The zero-order valence-corrected chi connectivity index (χ0v) is 11.7. The van der Waals surface area contributed by atoms with E-state index in [0.29, 0.717) is 0 Å². The van der Waals surface area contributed by atoms with Crippen LogP contribution in [0.25, 0.3) is 11.0 Å². The molecule has 1 aromatic heterocycles. The van der Waals surface area contributed by atoms with Crippen LogP contribution in [0.5, 0.6) is 0 Å². The van der Waals surface area contributed by atoms with Crippen LogP contribution in [0.1, 0.15) is 18.3 Å². The topological polar surface area (TPSA) is 40.7 Å². The van der Waals surface area contributed by atoms with E-state index in [1.54, 1.807) is 0 Å². The number of benzene rings is 2. The highest BCUT2D eigenvalue weighted by molar-refractivity contribution is 5.75. The van der Waals surface area contributed by atoms with Gasteiger partial charge in [0.15, 0.2) is 0 Å². The maximum atomic E-state index is 4.62. The largest absolute Gasteiger partial charge is 0.385 e. The van der Waals surface area contributed by atoms with Crippen LogP contribution in [0.15, 0.2) is 48.5 Å². The molecular weight excluding hydrogens is 246 g/mol. The molecule has 0 saturated heterocycles. The Labute approximate surface area is 119 Å². The van der Waals surface area contributed by atoms with Gasteiger partial charge < -0.3 is 10.3 Å². The fourth-order valence-corrected chi connectivity index (χ4v) is 2.33. The number of aryl methyl sites for hydroxylation is 1. The van der Waals surface area contributed by atoms with Crippen LogP contribution in [0.4, 0.5) is 5.69 Å². The van der Waals surface area contributed by atoms with Crippen molar-refractivity contribution in [1.82, 2.24) is 9.97 Å². The lowest BCUT2D eigenvalue weighted by Crippen LogP contribution is -2.05. The van der Waals surface area contributed by atoms with Crippen LogP contribution in [0.3, 0.4) is 0 Å². The highest BCUT2D eigenvalue weighted by atomic mass is 14.9. The second-order valence-corrected chi connectivity index (χ2v) is 4.93. The molecule has 0 amide bonds. The van der Waals surface area contributed by atoms with Gasteiger partial charge in [-0.2, -0.15) is 0 Å². The van der Waals surface area contributed by atoms with Crippen LogP contribution in [0.2, 0.25) is 0 Å². The van der Waals surface area contributed by atoms with Gasteiger partial charge in [-0.3, -0.25) is 0 Å². The number of aromatic nitrogens is 2. The Morgan fingerprint density at radius 1 is 1.10 bits per heavy atom. The van der Waals surface area contributed by atoms with Gasteiger partial charge in [-0.25, -0.2) is 4.98 Å². The summed E-state index contributed by atoms with van der Waals surface area (Å²) in [6.45, 7) is 3.05. The van der Waals surface area contributed by atoms with E-state index in [1.807, 2.05) is 18.2 Å². The first kappa shape index (κ1) is 12.7. The van der Waals surface area contributed by atoms with Crippen molar-refractivity contribution in [3.8, 4) is 0 Å². The molecule has 2 aromatic carbocycles. The summed E-state index contributed by atoms with van der Waals surface area (Å²) < 4.78 is 0. The molecule has 3 heteroatoms. The number of hydrogen-bond donors (Lipinski definition) is 2. The molecule has 0 unspecified atom stereocenters. The first-order valence-corrected chi connectivity index (χ1v) is 7.11. The number of aromatic amines is 1. The van der Waals surface area contributed by atoms with E-state index in [4.69, 9.17) is 0 Å². The van der Waals surface area contributed by atoms with Gasteiger partial charge in [0.1, 0.15) is 5.82 Å². The van der Waals surface area contributed by atoms with E-state index >= 15 is 0 Å². The van der Waals surface area contributed by atoms with Crippen LogP contribution in [-0.4, -0.2) is 16.5 Å². The minimum absolute atomic E-state index is 0.879. The third-order valence-electron chi connectivity index (χ3n) is 3.47. The van der Waals surface area contributed by atoms with E-state index in [1.165, 1.54) is 5.56 Å². The van der Waals surface area contributed by atoms with Crippen LogP contribution in [0, 0.1) is 0 Å². The molecule has 0 radical (unpaired) electrons. The number of nitrogens with one attached hydrogen (secondary N) is 2. The van der Waals surface area contributed by atoms with Gasteiger partial charge in [-0.05, 0) is 36.2 Å². The number of para-hydroxylation sites is 1. The van der Waals surface area contributed by atoms with Crippen LogP contribution in [-0.2, 0) is 12.8 Å². The maximum absolute atomic E-state index is 4.62. The number of H-pyrrole nitrogens is 1. The first-order valence-electron chi connectivity index (χ1n) is 7.11. The second-order valence-electron chi connectivity index (χ2n) is 4.93. The van der Waals surface area contributed by atoms with E-state index in [9.17, 15) is 0 Å². The molecule has 0 fully saturated rings. The van der Waals surface area contributed by atoms with Crippen molar-refractivity contribution in [2.45, 2.75) is 19.8 Å². The maximum Gasteiger partial charge on any atom is 0.108 e. The predicted octanol–water partition coefficient (Wildman–Crippen LogP) is 3.78. The Balaban J connectivity index is 1.66. The zero-order valence-electron chi connectivity index (χ0n) is 11.7. The average molecular weight is 265 g/mol. The van der Waals surface area contributed by atoms with Crippen molar-refractivity contribution in [3.63, 3.8) is 0 Å². The molecule has 2 N–H and O–H groups in total. The lowest BCUT2D eigenvalue weighted by molar-refractivity contribution is 0.934. The van der Waals surface area contributed by atoms with E-state index < -0.39 is 0 Å². The van der Waals surface area contributed by atoms with Crippen molar-refractivity contribution < 1.29 is 0 Å². The molecule has 0 aliphatic heterocycles. The Hall–Kier alpha value is -2.29. The quantitative estimate of drug-likeness (QED) is 0.737. The number of anilines is 1. The summed E-state index contributed by atoms with van der Waals surface area (Å²) in [7, 11) is 0. The van der Waals surface area contributed by atoms with Gasteiger partial charge in [0.2, 0.25) is 0 Å². The summed E-state index contributed by atoms with van der Waals surface area (Å²) in [5.74, 6) is 1.04. The lowest BCUT2D eigenvalue weighted by atomic mass is 10.1. The third-order valence-corrected chi connectivity index (χ3v) is 3.47. The van der Waals surface area contributed by atoms with Crippen molar-refractivity contribution in [2.75, 3.05) is 11.9 Å². The highest BCUT2D eigenvalue weighted by Crippen LogP contribution is 2.14. The molecule has 1 heterocycles. The molecule has 0 saturated carbocycles. The SMILES string of the molecule is CCc1ccc2nc(CCNc3ccccc3)[nH]c2c1. The normalized spacial score (nSPS) is 10.8. The Kier molecular flexibility index (Phi) is 3.68. The van der Waals surface area contributed by atoms with E-state index in [2.05, 4.69) is 52.5 Å². The molecule has 0 atom stereocenters. The molecule has 3 aromatic rings. The third kappa shape index (κ3) is 2.82. The monoisotopic (exact) mass is 265 g/mol. The van der Waals surface area contributed by atoms with Crippen molar-refractivity contribution >= 4 is 16.7 Å². The second kappa shape index (κ2) is 5.78. The minimum atomic E-state index is 0.879. The predicted molar refractivity (Wildman–Crippen MR) is 84.1 cm³/mol. The van der Waals surface area contributed by atoms with Crippen molar-refractivity contribution in [3.05, 3.63) is 59.9 Å². The van der Waals surface area contributed by atoms with Gasteiger partial charge in [0.25, 0.3) is 0 Å². The van der Waals surface area contributed by atoms with Gasteiger partial charge >= 0.3 is 0 Å². The van der Waals surface area contributed by atoms with Gasteiger partial charge in [0, 0.05) is 18.7 Å². The number of fused-ring (bicyclic) bond motifs is 1. The standard InChI is InChI=1S/C17H19N3/c1-2-13-8-9-15-16(12-13)20-17(19-15)10-11-18-14-6-4-3-5-7-14/h3-9,12,18H,2,10-11H2,1H3,(H,19,20). The highest BCUT2D eigenvalue weighted by Gasteiger charge is 2.03. The van der Waals surface area contributed by atoms with E-state index in [0.717, 1.165) is 41.9 Å². The summed E-state index contributed by atoms with van der Waals surface area (Å²) in [4.78, 5) is 8.03. The molecular formula is C17H19N3. The number of imidazole rings is 1. The number of nitrogens with zero attached hydrogens (tertiary/aromatic N) is 1. The van der Waals surface area contributed by atoms with Gasteiger partial charge in [0.05, 0.1) is 11.0 Å². The summed E-state index contributed by atoms with van der Waals surface area (Å²) in [6, 6.07) is 16.7. The van der Waals surface area contributed by atoms with Crippen molar-refractivity contribution in [1.29, 1.82) is 0 Å². The zero-order chi connectivity index (χ0) is 13.8. The smallest absolute Gasteiger partial charge is 0.108 e. The molecule has 0 bridgehead atoms. The Morgan fingerprint density at radius 3 is 2.75 bits per heavy atom. The molecule has 3 nitrogen and oxygen atoms in total. The number of rotatable bonds is 5. The Bertz CT molecular complexity index is 686. The van der Waals surface area contributed by atoms with Crippen LogP contribution < -0.4 is 5.32 Å². The molecule has 20 heavy (non-hydrogen) atoms. The summed E-state index contributed by atoms with van der Waals surface area (Å²) in [5.41, 5.74) is 4.68. The fourth-order valence-electron chi connectivity index (χ4n) is 2.33. The summed E-state index contributed by atoms with van der Waals surface area (Å²) in [6.07, 6.45) is 1.95.